The standard InChI is InChI=1S/C23H26FN9O9P2S2/c1-10-15(7-38-43(35,36)45)41-23(33-14-4-2-3-12(20(26)34)16(14)30-31-33)18(10)42-44(37,46)39-6-11-5-13(24)22(40-11)32-9-29-17-19(25)27-8-28-21(17)32/h2-4,8-9,11,13,15,18,22-23H,1,5-7H2,(H2,26,34)(H,37,46)(H2,25,27,28)(H2,35,36,45)/t11-,13+,15+,18+,22+,23+,44?/m0/s1. The van der Waals surface area contributed by atoms with Crippen molar-refractivity contribution in [3.05, 3.63) is 48.6 Å². The van der Waals surface area contributed by atoms with Crippen molar-refractivity contribution in [2.24, 2.45) is 5.73 Å². The number of benzene rings is 1. The zero-order chi connectivity index (χ0) is 33.0. The number of amides is 1. The molecule has 2 fully saturated rings. The van der Waals surface area contributed by atoms with Crippen LogP contribution < -0.4 is 11.5 Å². The number of carbonyl (C=O) groups is 1. The van der Waals surface area contributed by atoms with E-state index in [0.717, 1.165) is 0 Å². The summed E-state index contributed by atoms with van der Waals surface area (Å²) in [6.07, 6.45) is -4.64. The normalized spacial score (nSPS) is 26.7. The number of primary amides is 1. The van der Waals surface area contributed by atoms with Crippen molar-refractivity contribution in [2.45, 2.75) is 43.4 Å². The number of anilines is 1. The number of alkyl halides is 1. The first-order valence-electron chi connectivity index (χ1n) is 13.3. The third-order valence-electron chi connectivity index (χ3n) is 7.21. The molecule has 0 saturated carbocycles. The van der Waals surface area contributed by atoms with Gasteiger partial charge in [0.25, 0.3) is 5.91 Å². The minimum atomic E-state index is -4.27. The molecule has 0 aliphatic carbocycles. The van der Waals surface area contributed by atoms with Gasteiger partial charge in [0.1, 0.15) is 35.7 Å². The monoisotopic (exact) mass is 717 g/mol. The number of nitrogens with two attached hydrogens (primary N) is 2. The number of thiol groups is 1. The molecular weight excluding hydrogens is 691 g/mol. The van der Waals surface area contributed by atoms with Crippen LogP contribution in [0.2, 0.25) is 0 Å². The number of imidazole rings is 1. The molecule has 0 radical (unpaired) electrons. The SMILES string of the molecule is C=C1[C@@H](OP(=O)(S)OC[C@@H]2C[C@@H](F)[C@H](n3cnc4c(N)ncnc43)O2)[C@H](n2nnc3c(C(N)=O)cccc32)O[C@@H]1COP(O)(O)=S. The van der Waals surface area contributed by atoms with E-state index < -0.39 is 63.0 Å². The number of nitrogen functional groups attached to an aromatic ring is 1. The van der Waals surface area contributed by atoms with Crippen LogP contribution in [-0.2, 0) is 39.4 Å². The number of hydrogen-bond acceptors (Lipinski definition) is 14. The highest BCUT2D eigenvalue weighted by Crippen LogP contribution is 2.58. The topological polar surface area (TPSA) is 247 Å². The molecule has 5 heterocycles. The Hall–Kier alpha value is -2.94. The lowest BCUT2D eigenvalue weighted by molar-refractivity contribution is -0.0528. The number of halogens is 1. The molecule has 246 valence electrons. The van der Waals surface area contributed by atoms with Crippen LogP contribution in [-0.4, -0.2) is 87.9 Å². The second-order valence-corrected chi connectivity index (χ2v) is 15.8. The number of fused-ring (bicyclic) bond motifs is 2. The van der Waals surface area contributed by atoms with E-state index in [1.165, 1.54) is 28.0 Å². The average Bonchev–Trinajstić information content (AvgIpc) is 3.76. The lowest BCUT2D eigenvalue weighted by atomic mass is 10.1. The van der Waals surface area contributed by atoms with Gasteiger partial charge >= 0.3 is 13.5 Å². The predicted molar refractivity (Wildman–Crippen MR) is 164 cm³/mol. The van der Waals surface area contributed by atoms with Crippen molar-refractivity contribution >= 4 is 71.5 Å². The third kappa shape index (κ3) is 6.58. The summed E-state index contributed by atoms with van der Waals surface area (Å²) in [5, 5.41) is 8.10. The smallest absolute Gasteiger partial charge is 0.382 e. The lowest BCUT2D eigenvalue weighted by Crippen LogP contribution is -2.24. The lowest BCUT2D eigenvalue weighted by Gasteiger charge is -2.23. The van der Waals surface area contributed by atoms with Gasteiger partial charge in [-0.15, -0.1) is 5.10 Å². The summed E-state index contributed by atoms with van der Waals surface area (Å²) in [5.74, 6) is -0.622. The summed E-state index contributed by atoms with van der Waals surface area (Å²) >= 11 is 8.64. The number of hydrogen-bond donors (Lipinski definition) is 5. The highest BCUT2D eigenvalue weighted by atomic mass is 32.7. The molecule has 6 N–H and O–H groups in total. The molecule has 1 amide bonds. The highest BCUT2D eigenvalue weighted by Gasteiger charge is 2.46. The van der Waals surface area contributed by atoms with Crippen LogP contribution in [0.4, 0.5) is 10.2 Å². The first-order valence-corrected chi connectivity index (χ1v) is 18.6. The van der Waals surface area contributed by atoms with Gasteiger partial charge in [0.15, 0.2) is 23.9 Å². The zero-order valence-electron chi connectivity index (χ0n) is 23.3. The van der Waals surface area contributed by atoms with Gasteiger partial charge in [0.05, 0.1) is 36.7 Å². The molecule has 46 heavy (non-hydrogen) atoms. The van der Waals surface area contributed by atoms with Crippen molar-refractivity contribution in [1.29, 1.82) is 0 Å². The molecule has 0 bridgehead atoms. The molecule has 2 aliphatic heterocycles. The fraction of sp³-hybridized carbons (Fsp3) is 0.391. The van der Waals surface area contributed by atoms with E-state index in [1.54, 1.807) is 12.1 Å². The second kappa shape index (κ2) is 12.6. The summed E-state index contributed by atoms with van der Waals surface area (Å²) in [7, 11) is 0. The molecule has 7 atom stereocenters. The van der Waals surface area contributed by atoms with Gasteiger partial charge < -0.3 is 35.3 Å². The number of aromatic nitrogens is 7. The Balaban J connectivity index is 1.19. The number of nitrogens with zero attached hydrogens (tertiary/aromatic N) is 7. The highest BCUT2D eigenvalue weighted by molar-refractivity contribution is 8.44. The van der Waals surface area contributed by atoms with E-state index in [0.29, 0.717) is 5.52 Å². The van der Waals surface area contributed by atoms with E-state index in [4.69, 9.17) is 34.5 Å². The predicted octanol–water partition coefficient (Wildman–Crippen LogP) is 1.70. The molecule has 6 rings (SSSR count). The summed E-state index contributed by atoms with van der Waals surface area (Å²) < 4.78 is 59.3. The minimum Gasteiger partial charge on any atom is -0.382 e. The molecule has 1 unspecified atom stereocenters. The Morgan fingerprint density at radius 3 is 2.72 bits per heavy atom. The van der Waals surface area contributed by atoms with Crippen LogP contribution in [0, 0.1) is 0 Å². The van der Waals surface area contributed by atoms with Crippen molar-refractivity contribution in [2.75, 3.05) is 18.9 Å². The van der Waals surface area contributed by atoms with Crippen LogP contribution in [0.15, 0.2) is 43.0 Å². The molecule has 2 saturated heterocycles. The van der Waals surface area contributed by atoms with E-state index >= 15 is 4.39 Å². The molecule has 4 aromatic rings. The van der Waals surface area contributed by atoms with Gasteiger partial charge in [-0.05, 0) is 29.5 Å². The fourth-order valence-electron chi connectivity index (χ4n) is 5.12. The van der Waals surface area contributed by atoms with E-state index in [1.807, 2.05) is 0 Å². The molecule has 2 aliphatic rings. The summed E-state index contributed by atoms with van der Waals surface area (Å²) in [4.78, 5) is 43.2. The molecule has 18 nitrogen and oxygen atoms in total. The van der Waals surface area contributed by atoms with Gasteiger partial charge in [-0.25, -0.2) is 28.6 Å². The van der Waals surface area contributed by atoms with Crippen LogP contribution in [0.1, 0.15) is 29.2 Å². The largest absolute Gasteiger partial charge is 0.386 e. The van der Waals surface area contributed by atoms with Crippen LogP contribution >= 0.6 is 25.8 Å². The number of carbonyl (C=O) groups excluding carboxylic acids is 1. The van der Waals surface area contributed by atoms with Crippen LogP contribution in [0.3, 0.4) is 0 Å². The minimum absolute atomic E-state index is 0.0861. The summed E-state index contributed by atoms with van der Waals surface area (Å²) in [6.45, 7) is -5.25. The van der Waals surface area contributed by atoms with Crippen molar-refractivity contribution in [1.82, 2.24) is 34.5 Å². The van der Waals surface area contributed by atoms with E-state index in [-0.39, 0.29) is 46.7 Å². The Morgan fingerprint density at radius 2 is 1.98 bits per heavy atom. The van der Waals surface area contributed by atoms with Crippen molar-refractivity contribution in [3.63, 3.8) is 0 Å². The van der Waals surface area contributed by atoms with Crippen LogP contribution in [0.5, 0.6) is 0 Å². The number of ether oxygens (including phenoxy) is 2. The first-order chi connectivity index (χ1) is 21.7. The maximum Gasteiger partial charge on any atom is 0.386 e. The molecule has 1 aromatic carbocycles. The molecular formula is C23H26FN9O9P2S2. The quantitative estimate of drug-likeness (QED) is 0.0841. The number of rotatable bonds is 11. The zero-order valence-corrected chi connectivity index (χ0v) is 26.8. The molecule has 0 spiro atoms. The van der Waals surface area contributed by atoms with E-state index in [2.05, 4.69) is 55.9 Å². The maximum atomic E-state index is 15.1. The second-order valence-electron chi connectivity index (χ2n) is 10.2. The van der Waals surface area contributed by atoms with Crippen molar-refractivity contribution in [3.8, 4) is 0 Å². The summed E-state index contributed by atoms with van der Waals surface area (Å²) in [6, 6.07) is 4.59. The average molecular weight is 718 g/mol. The Labute approximate surface area is 268 Å². The third-order valence-corrected chi connectivity index (χ3v) is 9.61. The summed E-state index contributed by atoms with van der Waals surface area (Å²) in [5.41, 5.74) is 12.5. The first kappa shape index (κ1) is 33.0. The Morgan fingerprint density at radius 1 is 1.20 bits per heavy atom. The van der Waals surface area contributed by atoms with Crippen molar-refractivity contribution < 1.29 is 46.6 Å². The Bertz CT molecular complexity index is 1930. The Kier molecular flexibility index (Phi) is 9.02. The fourth-order valence-corrected chi connectivity index (χ4v) is 7.08. The van der Waals surface area contributed by atoms with Gasteiger partial charge in [0.2, 0.25) is 0 Å². The van der Waals surface area contributed by atoms with Gasteiger partial charge in [0, 0.05) is 6.42 Å². The molecule has 23 heteroatoms. The van der Waals surface area contributed by atoms with Gasteiger partial charge in [-0.3, -0.25) is 18.4 Å². The maximum absolute atomic E-state index is 15.1. The van der Waals surface area contributed by atoms with Crippen LogP contribution in [0.25, 0.3) is 22.2 Å². The molecule has 3 aromatic heterocycles. The van der Waals surface area contributed by atoms with Gasteiger partial charge in [-0.2, -0.15) is 0 Å². The van der Waals surface area contributed by atoms with E-state index in [9.17, 15) is 19.1 Å². The van der Waals surface area contributed by atoms with Gasteiger partial charge in [-0.1, -0.05) is 30.1 Å².